The highest BCUT2D eigenvalue weighted by Gasteiger charge is 2.44. The molecule has 1 atom stereocenters. The van der Waals surface area contributed by atoms with Crippen molar-refractivity contribution in [3.8, 4) is 0 Å². The lowest BCUT2D eigenvalue weighted by Gasteiger charge is -2.35. The molecule has 4 aliphatic rings. The first kappa shape index (κ1) is 44.6. The lowest BCUT2D eigenvalue weighted by Crippen LogP contribution is -2.54. The molecule has 16 heteroatoms. The minimum absolute atomic E-state index is 0.0507. The molecule has 15 nitrogen and oxygen atoms in total. The summed E-state index contributed by atoms with van der Waals surface area (Å²) in [7, 11) is 0. The number of nitrogens with one attached hydrogen (secondary N) is 2. The van der Waals surface area contributed by atoms with Gasteiger partial charge in [-0.1, -0.05) is 38.2 Å². The molecule has 0 saturated carbocycles. The number of anilines is 1. The summed E-state index contributed by atoms with van der Waals surface area (Å²) in [5.41, 5.74) is 1.92. The van der Waals surface area contributed by atoms with Crippen LogP contribution in [0.3, 0.4) is 0 Å². The first-order valence-corrected chi connectivity index (χ1v) is 23.2. The predicted octanol–water partition coefficient (Wildman–Crippen LogP) is 4.99. The molecule has 2 N–H and O–H groups in total. The second kappa shape index (κ2) is 22.0. The van der Waals surface area contributed by atoms with Gasteiger partial charge in [0.05, 0.1) is 11.1 Å². The molecule has 0 radical (unpaired) electrons. The zero-order chi connectivity index (χ0) is 43.3. The highest BCUT2D eigenvalue weighted by atomic mass is 32.2. The van der Waals surface area contributed by atoms with Gasteiger partial charge < -0.3 is 15.1 Å². The van der Waals surface area contributed by atoms with Crippen LogP contribution >= 0.6 is 11.8 Å². The van der Waals surface area contributed by atoms with E-state index in [4.69, 9.17) is 0 Å². The van der Waals surface area contributed by atoms with E-state index in [1.165, 1.54) is 6.42 Å². The molecule has 2 aromatic heterocycles. The van der Waals surface area contributed by atoms with Crippen molar-refractivity contribution in [3.63, 3.8) is 0 Å². The Morgan fingerprint density at radius 2 is 1.61 bits per heavy atom. The smallest absolute Gasteiger partial charge is 0.274 e. The molecule has 3 saturated heterocycles. The van der Waals surface area contributed by atoms with Crippen molar-refractivity contribution in [2.75, 3.05) is 63.0 Å². The Bertz CT molecular complexity index is 2090. The first-order chi connectivity index (χ1) is 30.2. The van der Waals surface area contributed by atoms with Gasteiger partial charge in [0.1, 0.15) is 6.04 Å². The summed E-state index contributed by atoms with van der Waals surface area (Å²) in [6, 6.07) is 11.8. The fourth-order valence-electron chi connectivity index (χ4n) is 8.57. The summed E-state index contributed by atoms with van der Waals surface area (Å²) in [5.74, 6) is 0.223. The molecule has 7 rings (SSSR count). The number of aromatic nitrogens is 3. The second-order valence-corrected chi connectivity index (χ2v) is 17.7. The van der Waals surface area contributed by atoms with Gasteiger partial charge in [-0.05, 0) is 105 Å². The molecule has 0 spiro atoms. The van der Waals surface area contributed by atoms with Gasteiger partial charge in [0.25, 0.3) is 17.7 Å². The summed E-state index contributed by atoms with van der Waals surface area (Å²) in [6.07, 6.45) is 17.7. The molecule has 3 fully saturated rings. The van der Waals surface area contributed by atoms with Crippen molar-refractivity contribution >= 4 is 59.1 Å². The Morgan fingerprint density at radius 1 is 0.823 bits per heavy atom. The third kappa shape index (κ3) is 11.9. The summed E-state index contributed by atoms with van der Waals surface area (Å²) in [4.78, 5) is 87.9. The zero-order valence-corrected chi connectivity index (χ0v) is 36.2. The van der Waals surface area contributed by atoms with Crippen molar-refractivity contribution in [1.29, 1.82) is 0 Å². The van der Waals surface area contributed by atoms with E-state index in [1.54, 1.807) is 48.4 Å². The van der Waals surface area contributed by atoms with Gasteiger partial charge in [0.15, 0.2) is 11.5 Å². The number of benzene rings is 1. The number of carbonyl (C=O) groups is 6. The number of hydrogen-bond acceptors (Lipinski definition) is 12. The standard InChI is InChI=1S/C46H57N9O6S/c56-41(17-11-34-10-8-21-47-32-34)48-22-5-4-9-33-19-24-54(25-20-33)46(61)38-14-16-40(51-50-38)53-28-26-52(27-29-53)23-6-2-1-3-7-30-62-35-12-13-36-37(31-35)45(60)55(44(36)59)39-15-18-42(57)49-43(39)58/h8,10-14,16-17,21,31-33,39H,1-7,9,15,18-20,22-30H2,(H,48,56)(H,49,57,58)/b17-11+. The van der Waals surface area contributed by atoms with Crippen LogP contribution < -0.4 is 15.5 Å². The number of amides is 6. The van der Waals surface area contributed by atoms with Crippen molar-refractivity contribution in [1.82, 2.24) is 40.5 Å². The Kier molecular flexibility index (Phi) is 15.8. The number of pyridine rings is 1. The van der Waals surface area contributed by atoms with Gasteiger partial charge >= 0.3 is 0 Å². The Balaban J connectivity index is 0.709. The third-order valence-electron chi connectivity index (χ3n) is 12.2. The molecule has 62 heavy (non-hydrogen) atoms. The SMILES string of the molecule is O=C(/C=C/c1cccnc1)NCCCCC1CCN(C(=O)c2ccc(N3CCN(CCCCCCCSc4ccc5c(c4)C(=O)N(C4CCC(=O)NC4=O)C5=O)CC3)nn2)CC1. The number of unbranched alkanes of at least 4 members (excludes halogenated alkanes) is 5. The highest BCUT2D eigenvalue weighted by Crippen LogP contribution is 2.31. The maximum Gasteiger partial charge on any atom is 0.274 e. The molecule has 4 aliphatic heterocycles. The van der Waals surface area contributed by atoms with E-state index in [0.717, 1.165) is 131 Å². The van der Waals surface area contributed by atoms with Crippen molar-refractivity contribution in [2.45, 2.75) is 88.0 Å². The minimum atomic E-state index is -0.954. The van der Waals surface area contributed by atoms with Gasteiger partial charge in [0.2, 0.25) is 17.7 Å². The summed E-state index contributed by atoms with van der Waals surface area (Å²) >= 11 is 1.67. The number of carbonyl (C=O) groups excluding carboxylic acids is 6. The number of hydrogen-bond donors (Lipinski definition) is 2. The normalized spacial score (nSPS) is 18.7. The quantitative estimate of drug-likeness (QED) is 0.0716. The maximum atomic E-state index is 13.2. The van der Waals surface area contributed by atoms with E-state index in [-0.39, 0.29) is 30.6 Å². The van der Waals surface area contributed by atoms with E-state index in [1.807, 2.05) is 35.2 Å². The van der Waals surface area contributed by atoms with Crippen molar-refractivity contribution < 1.29 is 28.8 Å². The summed E-state index contributed by atoms with van der Waals surface area (Å²) in [5, 5.41) is 14.0. The Labute approximate surface area is 367 Å². The summed E-state index contributed by atoms with van der Waals surface area (Å²) < 4.78 is 0. The monoisotopic (exact) mass is 863 g/mol. The number of imide groups is 2. The number of piperazine rings is 1. The van der Waals surface area contributed by atoms with E-state index in [9.17, 15) is 28.8 Å². The van der Waals surface area contributed by atoms with E-state index < -0.39 is 23.8 Å². The lowest BCUT2D eigenvalue weighted by molar-refractivity contribution is -0.136. The summed E-state index contributed by atoms with van der Waals surface area (Å²) in [6.45, 7) is 6.86. The number of piperidine rings is 2. The predicted molar refractivity (Wildman–Crippen MR) is 236 cm³/mol. The molecular formula is C46H57N9O6S. The third-order valence-corrected chi connectivity index (χ3v) is 13.3. The van der Waals surface area contributed by atoms with Crippen LogP contribution in [0.2, 0.25) is 0 Å². The van der Waals surface area contributed by atoms with Gasteiger partial charge in [-0.25, -0.2) is 0 Å². The van der Waals surface area contributed by atoms with E-state index >= 15 is 0 Å². The largest absolute Gasteiger partial charge is 0.353 e. The first-order valence-electron chi connectivity index (χ1n) is 22.2. The number of rotatable bonds is 19. The van der Waals surface area contributed by atoms with Gasteiger partial charge in [0, 0.05) is 75.6 Å². The number of nitrogens with zero attached hydrogens (tertiary/aromatic N) is 7. The highest BCUT2D eigenvalue weighted by molar-refractivity contribution is 7.99. The van der Waals surface area contributed by atoms with E-state index in [0.29, 0.717) is 29.3 Å². The average Bonchev–Trinajstić information content (AvgIpc) is 3.54. The van der Waals surface area contributed by atoms with E-state index in [2.05, 4.69) is 35.6 Å². The lowest BCUT2D eigenvalue weighted by atomic mass is 9.91. The van der Waals surface area contributed by atoms with Crippen molar-refractivity contribution in [2.24, 2.45) is 5.92 Å². The van der Waals surface area contributed by atoms with Crippen LogP contribution in [0, 0.1) is 5.92 Å². The molecular weight excluding hydrogens is 807 g/mol. The Hall–Kier alpha value is -5.48. The van der Waals surface area contributed by atoms with Crippen LogP contribution in [0.5, 0.6) is 0 Å². The fraction of sp³-hybridized carbons (Fsp3) is 0.500. The topological polar surface area (TPSA) is 178 Å². The Morgan fingerprint density at radius 3 is 2.37 bits per heavy atom. The molecule has 1 aromatic carbocycles. The molecule has 0 bridgehead atoms. The number of thioether (sulfide) groups is 1. The van der Waals surface area contributed by atoms with Crippen LogP contribution in [-0.4, -0.2) is 129 Å². The molecule has 6 heterocycles. The minimum Gasteiger partial charge on any atom is -0.353 e. The molecule has 328 valence electrons. The second-order valence-electron chi connectivity index (χ2n) is 16.5. The van der Waals surface area contributed by atoms with Gasteiger partial charge in [-0.15, -0.1) is 22.0 Å². The average molecular weight is 864 g/mol. The zero-order valence-electron chi connectivity index (χ0n) is 35.3. The van der Waals surface area contributed by atoms with Crippen LogP contribution in [-0.2, 0) is 14.4 Å². The van der Waals surface area contributed by atoms with Crippen molar-refractivity contribution in [3.05, 3.63) is 83.3 Å². The molecule has 3 aromatic rings. The molecule has 0 aliphatic carbocycles. The fourth-order valence-corrected chi connectivity index (χ4v) is 9.52. The number of fused-ring (bicyclic) bond motifs is 1. The van der Waals surface area contributed by atoms with Gasteiger partial charge in [-0.2, -0.15) is 0 Å². The van der Waals surface area contributed by atoms with Crippen LogP contribution in [0.15, 0.2) is 65.8 Å². The van der Waals surface area contributed by atoms with Crippen LogP contribution in [0.25, 0.3) is 6.08 Å². The van der Waals surface area contributed by atoms with Gasteiger partial charge in [-0.3, -0.25) is 48.9 Å². The molecule has 1 unspecified atom stereocenters. The molecule has 6 amide bonds. The number of likely N-dealkylation sites (tertiary alicyclic amines) is 1. The maximum absolute atomic E-state index is 13.2. The van der Waals surface area contributed by atoms with Crippen LogP contribution in [0.1, 0.15) is 114 Å². The van der Waals surface area contributed by atoms with Crippen LogP contribution in [0.4, 0.5) is 5.82 Å².